The first-order valence-corrected chi connectivity index (χ1v) is 7.78. The first kappa shape index (κ1) is 16.0. The van der Waals surface area contributed by atoms with E-state index in [2.05, 4.69) is 28.2 Å². The van der Waals surface area contributed by atoms with Gasteiger partial charge in [0.05, 0.1) is 7.11 Å². The van der Waals surface area contributed by atoms with Crippen molar-refractivity contribution in [2.75, 3.05) is 13.7 Å². The van der Waals surface area contributed by atoms with Crippen LogP contribution in [0.4, 0.5) is 4.39 Å². The lowest BCUT2D eigenvalue weighted by Gasteiger charge is -2.12. The van der Waals surface area contributed by atoms with Crippen molar-refractivity contribution in [2.24, 2.45) is 0 Å². The molecular formula is C17H19BrFNO. The van der Waals surface area contributed by atoms with Crippen LogP contribution in [0.2, 0.25) is 0 Å². The van der Waals surface area contributed by atoms with E-state index < -0.39 is 0 Å². The highest BCUT2D eigenvalue weighted by Crippen LogP contribution is 2.30. The molecule has 112 valence electrons. The van der Waals surface area contributed by atoms with Crippen LogP contribution < -0.4 is 10.1 Å². The highest BCUT2D eigenvalue weighted by atomic mass is 79.9. The van der Waals surface area contributed by atoms with Crippen molar-refractivity contribution in [3.63, 3.8) is 0 Å². The molecule has 0 fully saturated rings. The van der Waals surface area contributed by atoms with Crippen LogP contribution >= 0.6 is 15.9 Å². The Bertz CT molecular complexity index is 616. The molecule has 0 atom stereocenters. The van der Waals surface area contributed by atoms with Crippen LogP contribution in [0.1, 0.15) is 18.9 Å². The smallest absolute Gasteiger partial charge is 0.131 e. The molecule has 0 spiro atoms. The SMILES string of the molecule is CCCNCc1cc(-c2cc(Br)ccc2F)ccc1OC. The van der Waals surface area contributed by atoms with E-state index in [4.69, 9.17) is 4.74 Å². The second-order valence-corrected chi connectivity index (χ2v) is 5.74. The van der Waals surface area contributed by atoms with Crippen LogP contribution in [-0.2, 0) is 6.54 Å². The topological polar surface area (TPSA) is 21.3 Å². The number of hydrogen-bond donors (Lipinski definition) is 1. The molecular weight excluding hydrogens is 333 g/mol. The van der Waals surface area contributed by atoms with Crippen LogP contribution in [0.25, 0.3) is 11.1 Å². The lowest BCUT2D eigenvalue weighted by molar-refractivity contribution is 0.408. The van der Waals surface area contributed by atoms with Gasteiger partial charge >= 0.3 is 0 Å². The Labute approximate surface area is 133 Å². The van der Waals surface area contributed by atoms with Gasteiger partial charge in [0.25, 0.3) is 0 Å². The van der Waals surface area contributed by atoms with Gasteiger partial charge < -0.3 is 10.1 Å². The summed E-state index contributed by atoms with van der Waals surface area (Å²) in [5.41, 5.74) is 2.47. The molecule has 1 N–H and O–H groups in total. The lowest BCUT2D eigenvalue weighted by Crippen LogP contribution is -2.14. The normalized spacial score (nSPS) is 10.7. The average molecular weight is 352 g/mol. The molecule has 2 aromatic rings. The Morgan fingerprint density at radius 2 is 2.00 bits per heavy atom. The van der Waals surface area contributed by atoms with Gasteiger partial charge in [0.15, 0.2) is 0 Å². The summed E-state index contributed by atoms with van der Waals surface area (Å²) in [6.07, 6.45) is 1.07. The van der Waals surface area contributed by atoms with Crippen molar-refractivity contribution < 1.29 is 9.13 Å². The van der Waals surface area contributed by atoms with Gasteiger partial charge in [-0.15, -0.1) is 0 Å². The van der Waals surface area contributed by atoms with Crippen LogP contribution in [0.3, 0.4) is 0 Å². The van der Waals surface area contributed by atoms with Crippen molar-refractivity contribution in [2.45, 2.75) is 19.9 Å². The van der Waals surface area contributed by atoms with Crippen molar-refractivity contribution in [1.29, 1.82) is 0 Å². The maximum Gasteiger partial charge on any atom is 0.131 e. The molecule has 0 heterocycles. The summed E-state index contributed by atoms with van der Waals surface area (Å²) in [4.78, 5) is 0. The first-order valence-electron chi connectivity index (χ1n) is 6.98. The van der Waals surface area contributed by atoms with Crippen molar-refractivity contribution in [3.05, 3.63) is 52.3 Å². The number of nitrogens with one attached hydrogen (secondary N) is 1. The first-order chi connectivity index (χ1) is 10.2. The number of halogens is 2. The number of methoxy groups -OCH3 is 1. The molecule has 0 saturated heterocycles. The number of ether oxygens (including phenoxy) is 1. The van der Waals surface area contributed by atoms with Crippen LogP contribution in [0.15, 0.2) is 40.9 Å². The van der Waals surface area contributed by atoms with Gasteiger partial charge in [0, 0.05) is 22.1 Å². The quantitative estimate of drug-likeness (QED) is 0.757. The molecule has 0 aliphatic heterocycles. The monoisotopic (exact) mass is 351 g/mol. The van der Waals surface area contributed by atoms with Crippen LogP contribution in [0, 0.1) is 5.82 Å². The molecule has 0 unspecified atom stereocenters. The molecule has 0 radical (unpaired) electrons. The Balaban J connectivity index is 2.36. The van der Waals surface area contributed by atoms with Gasteiger partial charge in [-0.2, -0.15) is 0 Å². The number of benzene rings is 2. The third-order valence-corrected chi connectivity index (χ3v) is 3.76. The van der Waals surface area contributed by atoms with Gasteiger partial charge in [0.1, 0.15) is 11.6 Å². The standard InChI is InChI=1S/C17H19BrFNO/c1-3-8-20-11-13-9-12(4-7-17(13)21-2)15-10-14(18)5-6-16(15)19/h4-7,9-10,20H,3,8,11H2,1-2H3. The average Bonchev–Trinajstić information content (AvgIpc) is 2.50. The van der Waals surface area contributed by atoms with E-state index in [1.807, 2.05) is 18.2 Å². The fourth-order valence-electron chi connectivity index (χ4n) is 2.20. The van der Waals surface area contributed by atoms with Crippen molar-refractivity contribution in [3.8, 4) is 16.9 Å². The minimum Gasteiger partial charge on any atom is -0.496 e. The minimum atomic E-state index is -0.226. The van der Waals surface area contributed by atoms with E-state index in [1.165, 1.54) is 6.07 Å². The van der Waals surface area contributed by atoms with Crippen LogP contribution in [0.5, 0.6) is 5.75 Å². The Hall–Kier alpha value is -1.39. The summed E-state index contributed by atoms with van der Waals surface area (Å²) >= 11 is 3.39. The number of hydrogen-bond acceptors (Lipinski definition) is 2. The number of rotatable bonds is 6. The molecule has 2 aromatic carbocycles. The van der Waals surface area contributed by atoms with E-state index in [0.29, 0.717) is 12.1 Å². The maximum absolute atomic E-state index is 14.0. The minimum absolute atomic E-state index is 0.226. The molecule has 0 saturated carbocycles. The molecule has 2 nitrogen and oxygen atoms in total. The summed E-state index contributed by atoms with van der Waals surface area (Å²) in [6, 6.07) is 10.7. The Kier molecular flexibility index (Phi) is 5.76. The van der Waals surface area contributed by atoms with Gasteiger partial charge in [0.2, 0.25) is 0 Å². The molecule has 0 bridgehead atoms. The summed E-state index contributed by atoms with van der Waals surface area (Å²) in [5.74, 6) is 0.591. The molecule has 4 heteroatoms. The van der Waals surface area contributed by atoms with E-state index in [0.717, 1.165) is 34.3 Å². The summed E-state index contributed by atoms with van der Waals surface area (Å²) in [6.45, 7) is 3.77. The Morgan fingerprint density at radius 3 is 2.71 bits per heavy atom. The third-order valence-electron chi connectivity index (χ3n) is 3.26. The lowest BCUT2D eigenvalue weighted by atomic mass is 10.0. The Morgan fingerprint density at radius 1 is 1.19 bits per heavy atom. The molecule has 2 rings (SSSR count). The second kappa shape index (κ2) is 7.57. The van der Waals surface area contributed by atoms with E-state index >= 15 is 0 Å². The third kappa shape index (κ3) is 4.05. The summed E-state index contributed by atoms with van der Waals surface area (Å²) < 4.78 is 20.2. The molecule has 0 aromatic heterocycles. The maximum atomic E-state index is 14.0. The second-order valence-electron chi connectivity index (χ2n) is 4.83. The highest BCUT2D eigenvalue weighted by Gasteiger charge is 2.09. The summed E-state index contributed by atoms with van der Waals surface area (Å²) in [7, 11) is 1.65. The van der Waals surface area contributed by atoms with Crippen LogP contribution in [-0.4, -0.2) is 13.7 Å². The van der Waals surface area contributed by atoms with Crippen molar-refractivity contribution >= 4 is 15.9 Å². The molecule has 0 amide bonds. The van der Waals surface area contributed by atoms with E-state index in [-0.39, 0.29) is 5.82 Å². The largest absolute Gasteiger partial charge is 0.496 e. The van der Waals surface area contributed by atoms with E-state index in [1.54, 1.807) is 19.2 Å². The highest BCUT2D eigenvalue weighted by molar-refractivity contribution is 9.10. The molecule has 0 aliphatic carbocycles. The van der Waals surface area contributed by atoms with Gasteiger partial charge in [-0.1, -0.05) is 28.9 Å². The zero-order valence-corrected chi connectivity index (χ0v) is 13.8. The van der Waals surface area contributed by atoms with Gasteiger partial charge in [-0.25, -0.2) is 4.39 Å². The predicted molar refractivity (Wildman–Crippen MR) is 88.1 cm³/mol. The fraction of sp³-hybridized carbons (Fsp3) is 0.294. The predicted octanol–water partition coefficient (Wildman–Crippen LogP) is 4.76. The molecule has 21 heavy (non-hydrogen) atoms. The summed E-state index contributed by atoms with van der Waals surface area (Å²) in [5, 5.41) is 3.35. The fourth-order valence-corrected chi connectivity index (χ4v) is 2.56. The zero-order valence-electron chi connectivity index (χ0n) is 12.2. The van der Waals surface area contributed by atoms with E-state index in [9.17, 15) is 4.39 Å². The van der Waals surface area contributed by atoms with Gasteiger partial charge in [-0.3, -0.25) is 0 Å². The van der Waals surface area contributed by atoms with Gasteiger partial charge in [-0.05, 0) is 48.9 Å². The van der Waals surface area contributed by atoms with Crippen molar-refractivity contribution in [1.82, 2.24) is 5.32 Å². The zero-order chi connectivity index (χ0) is 15.2. The molecule has 0 aliphatic rings.